The van der Waals surface area contributed by atoms with Gasteiger partial charge < -0.3 is 29.2 Å². The summed E-state index contributed by atoms with van der Waals surface area (Å²) in [5.41, 5.74) is 3.16. The summed E-state index contributed by atoms with van der Waals surface area (Å²) in [7, 11) is 6.05. The smallest absolute Gasteiger partial charge is 0.203 e. The summed E-state index contributed by atoms with van der Waals surface area (Å²) in [4.78, 5) is 0. The van der Waals surface area contributed by atoms with Gasteiger partial charge in [-0.1, -0.05) is 13.8 Å². The summed E-state index contributed by atoms with van der Waals surface area (Å²) in [5, 5.41) is 21.6. The number of phenolic OH excluding ortho intramolecular Hbond substituents is 2. The zero-order valence-corrected chi connectivity index (χ0v) is 17.3. The van der Waals surface area contributed by atoms with Gasteiger partial charge in [0, 0.05) is 11.1 Å². The predicted molar refractivity (Wildman–Crippen MR) is 107 cm³/mol. The standard InChI is InChI=1S/C22H28O6/c1-11-7-13-9-15(23)20(26-4)22(28-6)18(13)17-14(8-12(11)2)10-16(25-3)21(27-5)19(17)24/h9-12,23-24H,7-8H2,1-6H3/t11-,12-/m1/s1. The van der Waals surface area contributed by atoms with E-state index in [9.17, 15) is 10.2 Å². The largest absolute Gasteiger partial charge is 0.504 e. The molecule has 0 saturated heterocycles. The fourth-order valence-electron chi connectivity index (χ4n) is 4.07. The second-order valence-corrected chi connectivity index (χ2v) is 7.35. The molecule has 2 aromatic rings. The molecule has 1 aliphatic rings. The number of fused-ring (bicyclic) bond motifs is 3. The maximum absolute atomic E-state index is 11.2. The average molecular weight is 388 g/mol. The zero-order valence-electron chi connectivity index (χ0n) is 17.3. The molecule has 0 fully saturated rings. The highest BCUT2D eigenvalue weighted by Gasteiger charge is 2.32. The number of hydrogen-bond donors (Lipinski definition) is 2. The van der Waals surface area contributed by atoms with E-state index in [4.69, 9.17) is 18.9 Å². The van der Waals surface area contributed by atoms with E-state index in [0.717, 1.165) is 24.0 Å². The summed E-state index contributed by atoms with van der Waals surface area (Å²) in [6.07, 6.45) is 1.49. The molecule has 152 valence electrons. The number of aromatic hydroxyl groups is 2. The van der Waals surface area contributed by atoms with Gasteiger partial charge in [-0.3, -0.25) is 0 Å². The van der Waals surface area contributed by atoms with Crippen LogP contribution in [-0.2, 0) is 12.8 Å². The monoisotopic (exact) mass is 388 g/mol. The Kier molecular flexibility index (Phi) is 5.49. The van der Waals surface area contributed by atoms with Crippen molar-refractivity contribution in [1.29, 1.82) is 0 Å². The SMILES string of the molecule is COc1cc2c(c(O)c1OC)-c1c(cc(O)c(OC)c1OC)C[C@@H](C)[C@H](C)C2. The lowest BCUT2D eigenvalue weighted by Gasteiger charge is -2.29. The van der Waals surface area contributed by atoms with Crippen LogP contribution >= 0.6 is 0 Å². The maximum Gasteiger partial charge on any atom is 0.203 e. The molecule has 3 rings (SSSR count). The molecule has 6 heteroatoms. The third-order valence-electron chi connectivity index (χ3n) is 5.74. The Morgan fingerprint density at radius 2 is 1.25 bits per heavy atom. The lowest BCUT2D eigenvalue weighted by Crippen LogP contribution is -2.18. The Labute approximate surface area is 165 Å². The molecular weight excluding hydrogens is 360 g/mol. The van der Waals surface area contributed by atoms with Gasteiger partial charge in [-0.2, -0.15) is 0 Å². The molecule has 1 aliphatic carbocycles. The van der Waals surface area contributed by atoms with Gasteiger partial charge in [-0.05, 0) is 47.9 Å². The normalized spacial score (nSPS) is 18.4. The third kappa shape index (κ3) is 3.07. The van der Waals surface area contributed by atoms with Gasteiger partial charge in [0.1, 0.15) is 0 Å². The first kappa shape index (κ1) is 20.0. The van der Waals surface area contributed by atoms with Crippen molar-refractivity contribution in [1.82, 2.24) is 0 Å². The van der Waals surface area contributed by atoms with Crippen LogP contribution in [0.4, 0.5) is 0 Å². The quantitative estimate of drug-likeness (QED) is 0.819. The van der Waals surface area contributed by atoms with Crippen LogP contribution in [0.2, 0.25) is 0 Å². The van der Waals surface area contributed by atoms with Crippen molar-refractivity contribution in [3.63, 3.8) is 0 Å². The summed E-state index contributed by atoms with van der Waals surface area (Å²) >= 11 is 0. The fourth-order valence-corrected chi connectivity index (χ4v) is 4.07. The van der Waals surface area contributed by atoms with Crippen LogP contribution < -0.4 is 18.9 Å². The second-order valence-electron chi connectivity index (χ2n) is 7.35. The Hall–Kier alpha value is -2.76. The molecule has 0 aliphatic heterocycles. The minimum absolute atomic E-state index is 0.00843. The average Bonchev–Trinajstić information content (AvgIpc) is 2.67. The topological polar surface area (TPSA) is 77.4 Å². The number of benzene rings is 2. The van der Waals surface area contributed by atoms with E-state index in [0.29, 0.717) is 34.5 Å². The van der Waals surface area contributed by atoms with Crippen molar-refractivity contribution in [2.24, 2.45) is 11.8 Å². The Morgan fingerprint density at radius 1 is 0.714 bits per heavy atom. The molecule has 0 saturated carbocycles. The zero-order chi connectivity index (χ0) is 20.6. The molecule has 2 atom stereocenters. The molecule has 0 bridgehead atoms. The highest BCUT2D eigenvalue weighted by molar-refractivity contribution is 5.88. The summed E-state index contributed by atoms with van der Waals surface area (Å²) in [6, 6.07) is 3.61. The Balaban J connectivity index is 2.47. The molecule has 0 aromatic heterocycles. The van der Waals surface area contributed by atoms with Gasteiger partial charge in [0.2, 0.25) is 11.5 Å². The molecule has 2 aromatic carbocycles. The minimum atomic E-state index is -0.00843. The third-order valence-corrected chi connectivity index (χ3v) is 5.74. The van der Waals surface area contributed by atoms with E-state index in [2.05, 4.69) is 13.8 Å². The number of hydrogen-bond acceptors (Lipinski definition) is 6. The summed E-state index contributed by atoms with van der Waals surface area (Å²) in [6.45, 7) is 4.38. The molecule has 0 unspecified atom stereocenters. The highest BCUT2D eigenvalue weighted by atomic mass is 16.5. The first-order valence-corrected chi connectivity index (χ1v) is 9.31. The molecule has 0 radical (unpaired) electrons. The van der Waals surface area contributed by atoms with E-state index >= 15 is 0 Å². The van der Waals surface area contributed by atoms with Crippen LogP contribution in [0.15, 0.2) is 12.1 Å². The van der Waals surface area contributed by atoms with Crippen LogP contribution in [0.1, 0.15) is 25.0 Å². The number of phenols is 2. The van der Waals surface area contributed by atoms with Crippen molar-refractivity contribution < 1.29 is 29.2 Å². The second kappa shape index (κ2) is 7.70. The summed E-state index contributed by atoms with van der Waals surface area (Å²) < 4.78 is 21.9. The van der Waals surface area contributed by atoms with Crippen molar-refractivity contribution in [2.75, 3.05) is 28.4 Å². The van der Waals surface area contributed by atoms with Crippen LogP contribution in [-0.4, -0.2) is 38.7 Å². The molecule has 6 nitrogen and oxygen atoms in total. The molecule has 2 N–H and O–H groups in total. The lowest BCUT2D eigenvalue weighted by atomic mass is 9.77. The molecular formula is C22H28O6. The molecule has 0 amide bonds. The summed E-state index contributed by atoms with van der Waals surface area (Å²) in [5.74, 6) is 2.10. The predicted octanol–water partition coefficient (Wildman–Crippen LogP) is 4.17. The molecule has 0 heterocycles. The van der Waals surface area contributed by atoms with Crippen LogP contribution in [0.5, 0.6) is 34.5 Å². The van der Waals surface area contributed by atoms with Gasteiger partial charge in [0.05, 0.1) is 28.4 Å². The van der Waals surface area contributed by atoms with Crippen molar-refractivity contribution in [3.8, 4) is 45.6 Å². The number of ether oxygens (including phenoxy) is 4. The fraction of sp³-hybridized carbons (Fsp3) is 0.455. The van der Waals surface area contributed by atoms with Crippen molar-refractivity contribution in [3.05, 3.63) is 23.3 Å². The van der Waals surface area contributed by atoms with Crippen molar-refractivity contribution in [2.45, 2.75) is 26.7 Å². The minimum Gasteiger partial charge on any atom is -0.504 e. The molecule has 0 spiro atoms. The van der Waals surface area contributed by atoms with Crippen LogP contribution in [0, 0.1) is 11.8 Å². The highest BCUT2D eigenvalue weighted by Crippen LogP contribution is 2.55. The van der Waals surface area contributed by atoms with Crippen LogP contribution in [0.3, 0.4) is 0 Å². The van der Waals surface area contributed by atoms with Gasteiger partial charge in [0.25, 0.3) is 0 Å². The van der Waals surface area contributed by atoms with E-state index in [1.807, 2.05) is 6.07 Å². The van der Waals surface area contributed by atoms with Gasteiger partial charge in [-0.15, -0.1) is 0 Å². The first-order chi connectivity index (χ1) is 13.4. The van der Waals surface area contributed by atoms with Gasteiger partial charge in [0.15, 0.2) is 23.0 Å². The van der Waals surface area contributed by atoms with Gasteiger partial charge in [-0.25, -0.2) is 0 Å². The first-order valence-electron chi connectivity index (χ1n) is 9.31. The van der Waals surface area contributed by atoms with Crippen LogP contribution in [0.25, 0.3) is 11.1 Å². The lowest BCUT2D eigenvalue weighted by molar-refractivity contribution is 0.326. The van der Waals surface area contributed by atoms with E-state index in [-0.39, 0.29) is 23.0 Å². The molecule has 28 heavy (non-hydrogen) atoms. The maximum atomic E-state index is 11.2. The van der Waals surface area contributed by atoms with Gasteiger partial charge >= 0.3 is 0 Å². The van der Waals surface area contributed by atoms with Crippen molar-refractivity contribution >= 4 is 0 Å². The number of methoxy groups -OCH3 is 4. The van der Waals surface area contributed by atoms with E-state index in [1.165, 1.54) is 21.3 Å². The Morgan fingerprint density at radius 3 is 1.75 bits per heavy atom. The number of rotatable bonds is 4. The Bertz CT molecular complexity index is 888. The van der Waals surface area contributed by atoms with E-state index < -0.39 is 0 Å². The van der Waals surface area contributed by atoms with E-state index in [1.54, 1.807) is 13.2 Å².